The second-order valence-electron chi connectivity index (χ2n) is 10.8. The third-order valence-corrected chi connectivity index (χ3v) is 7.42. The fourth-order valence-corrected chi connectivity index (χ4v) is 4.85. The highest BCUT2D eigenvalue weighted by Gasteiger charge is 2.28. The number of hydrogen-bond acceptors (Lipinski definition) is 8. The third kappa shape index (κ3) is 13.0. The van der Waals surface area contributed by atoms with Crippen molar-refractivity contribution in [3.05, 3.63) is 66.7 Å². The summed E-state index contributed by atoms with van der Waals surface area (Å²) in [4.78, 5) is 36.3. The zero-order valence-electron chi connectivity index (χ0n) is 25.4. The molecule has 0 N–H and O–H groups in total. The van der Waals surface area contributed by atoms with Crippen molar-refractivity contribution in [2.75, 3.05) is 19.8 Å². The lowest BCUT2D eigenvalue weighted by Crippen LogP contribution is -2.29. The molecule has 2 aromatic carbocycles. The van der Waals surface area contributed by atoms with Crippen LogP contribution in [0.15, 0.2) is 61.2 Å². The maximum Gasteiger partial charge on any atom is 0.343 e. The summed E-state index contributed by atoms with van der Waals surface area (Å²) in [6, 6.07) is 13.4. The Bertz CT molecular complexity index is 1120. The Kier molecular flexibility index (Phi) is 15.4. The highest BCUT2D eigenvalue weighted by Crippen LogP contribution is 2.29. The molecule has 0 bridgehead atoms. The summed E-state index contributed by atoms with van der Waals surface area (Å²) < 4.78 is 27.8. The van der Waals surface area contributed by atoms with Gasteiger partial charge in [0.2, 0.25) is 0 Å². The van der Waals surface area contributed by atoms with Crippen molar-refractivity contribution >= 4 is 17.9 Å². The predicted molar refractivity (Wildman–Crippen MR) is 164 cm³/mol. The molecule has 43 heavy (non-hydrogen) atoms. The summed E-state index contributed by atoms with van der Waals surface area (Å²) in [7, 11) is 0. The summed E-state index contributed by atoms with van der Waals surface area (Å²) in [6.45, 7) is 7.34. The van der Waals surface area contributed by atoms with Gasteiger partial charge in [-0.2, -0.15) is 0 Å². The molecular formula is C35H46O8. The average molecular weight is 595 g/mol. The van der Waals surface area contributed by atoms with E-state index in [-0.39, 0.29) is 24.0 Å². The molecule has 8 nitrogen and oxygen atoms in total. The summed E-state index contributed by atoms with van der Waals surface area (Å²) >= 11 is 0. The molecule has 1 aliphatic rings. The minimum atomic E-state index is -0.468. The van der Waals surface area contributed by atoms with E-state index >= 15 is 0 Å². The fourth-order valence-electron chi connectivity index (χ4n) is 4.85. The van der Waals surface area contributed by atoms with Gasteiger partial charge in [-0.05, 0) is 99.9 Å². The second-order valence-corrected chi connectivity index (χ2v) is 10.8. The molecule has 234 valence electrons. The normalized spacial score (nSPS) is 16.2. The van der Waals surface area contributed by atoms with E-state index in [1.54, 1.807) is 48.5 Å². The lowest BCUT2D eigenvalue weighted by Gasteiger charge is -2.27. The molecule has 0 aromatic heterocycles. The van der Waals surface area contributed by atoms with E-state index in [9.17, 15) is 14.4 Å². The molecule has 1 fully saturated rings. The highest BCUT2D eigenvalue weighted by molar-refractivity contribution is 5.91. The third-order valence-electron chi connectivity index (χ3n) is 7.42. The molecule has 1 aliphatic carbocycles. The minimum Gasteiger partial charge on any atom is -0.494 e. The predicted octanol–water partition coefficient (Wildman–Crippen LogP) is 7.64. The largest absolute Gasteiger partial charge is 0.494 e. The zero-order chi connectivity index (χ0) is 30.7. The maximum absolute atomic E-state index is 12.7. The number of benzene rings is 2. The van der Waals surface area contributed by atoms with Crippen molar-refractivity contribution < 1.29 is 38.1 Å². The Morgan fingerprint density at radius 2 is 1.30 bits per heavy atom. The van der Waals surface area contributed by atoms with E-state index in [4.69, 9.17) is 23.7 Å². The van der Waals surface area contributed by atoms with Crippen LogP contribution in [0, 0.1) is 5.92 Å². The molecule has 0 atom stereocenters. The van der Waals surface area contributed by atoms with Crippen molar-refractivity contribution in [3.8, 4) is 17.2 Å². The Labute approximate surface area is 255 Å². The number of carbonyl (C=O) groups is 3. The Morgan fingerprint density at radius 1 is 0.721 bits per heavy atom. The standard InChI is InChI=1S/C35H46O8/c1-3-5-6-9-24-39-29-16-12-27(13-17-29)34(37)42-31-20-22-32(23-21-31)43-35(38)28-14-18-30(19-15-28)40-25-10-7-8-11-26-41-33(36)4-2/h4,12-13,16-17,20-23,28,30H,2-3,5-11,14-15,18-19,24-26H2,1H3. The summed E-state index contributed by atoms with van der Waals surface area (Å²) in [5.74, 6) is 0.277. The van der Waals surface area contributed by atoms with Gasteiger partial charge in [0.1, 0.15) is 17.2 Å². The quantitative estimate of drug-likeness (QED) is 0.0709. The molecule has 1 saturated carbocycles. The first-order valence-electron chi connectivity index (χ1n) is 15.7. The summed E-state index contributed by atoms with van der Waals surface area (Å²) in [5, 5.41) is 0. The van der Waals surface area contributed by atoms with E-state index in [1.807, 2.05) is 0 Å². The van der Waals surface area contributed by atoms with E-state index in [0.29, 0.717) is 36.9 Å². The van der Waals surface area contributed by atoms with Gasteiger partial charge in [0.15, 0.2) is 0 Å². The van der Waals surface area contributed by atoms with Crippen molar-refractivity contribution in [1.82, 2.24) is 0 Å². The van der Waals surface area contributed by atoms with Crippen LogP contribution in [0.2, 0.25) is 0 Å². The number of unbranched alkanes of at least 4 members (excludes halogenated alkanes) is 6. The summed E-state index contributed by atoms with van der Waals surface area (Å²) in [6.07, 6.45) is 12.8. The van der Waals surface area contributed by atoms with Crippen LogP contribution in [-0.2, 0) is 19.1 Å². The van der Waals surface area contributed by atoms with Gasteiger partial charge in [0, 0.05) is 12.7 Å². The van der Waals surface area contributed by atoms with Gasteiger partial charge in [0.05, 0.1) is 30.8 Å². The molecule has 0 radical (unpaired) electrons. The van der Waals surface area contributed by atoms with Gasteiger partial charge >= 0.3 is 17.9 Å². The van der Waals surface area contributed by atoms with Gasteiger partial charge in [-0.25, -0.2) is 9.59 Å². The SMILES string of the molecule is C=CC(=O)OCCCCCCOC1CCC(C(=O)Oc2ccc(OC(=O)c3ccc(OCCCCCC)cc3)cc2)CC1. The van der Waals surface area contributed by atoms with E-state index < -0.39 is 5.97 Å². The number of ether oxygens (including phenoxy) is 5. The molecule has 0 saturated heterocycles. The van der Waals surface area contributed by atoms with Crippen LogP contribution in [0.3, 0.4) is 0 Å². The first-order valence-corrected chi connectivity index (χ1v) is 15.7. The topological polar surface area (TPSA) is 97.4 Å². The molecule has 8 heteroatoms. The monoisotopic (exact) mass is 594 g/mol. The number of carbonyl (C=O) groups excluding carboxylic acids is 3. The second kappa shape index (κ2) is 19.5. The first-order chi connectivity index (χ1) is 21.0. The lowest BCUT2D eigenvalue weighted by atomic mass is 9.87. The maximum atomic E-state index is 12.7. The average Bonchev–Trinajstić information content (AvgIpc) is 3.03. The van der Waals surface area contributed by atoms with Gasteiger partial charge in [-0.15, -0.1) is 0 Å². The molecule has 3 rings (SSSR count). The molecule has 0 heterocycles. The van der Waals surface area contributed by atoms with Crippen molar-refractivity contribution in [2.45, 2.75) is 90.1 Å². The van der Waals surface area contributed by atoms with Crippen LogP contribution in [0.5, 0.6) is 17.2 Å². The van der Waals surface area contributed by atoms with Crippen LogP contribution in [-0.4, -0.2) is 43.8 Å². The smallest absolute Gasteiger partial charge is 0.343 e. The molecule has 0 amide bonds. The summed E-state index contributed by atoms with van der Waals surface area (Å²) in [5.41, 5.74) is 0.428. The van der Waals surface area contributed by atoms with Crippen LogP contribution >= 0.6 is 0 Å². The van der Waals surface area contributed by atoms with Gasteiger partial charge in [0.25, 0.3) is 0 Å². The van der Waals surface area contributed by atoms with Crippen LogP contribution in [0.4, 0.5) is 0 Å². The Hall–Kier alpha value is -3.65. The van der Waals surface area contributed by atoms with Crippen LogP contribution in [0.1, 0.15) is 94.3 Å². The molecule has 0 aliphatic heterocycles. The van der Waals surface area contributed by atoms with E-state index in [2.05, 4.69) is 13.5 Å². The number of rotatable bonds is 19. The van der Waals surface area contributed by atoms with E-state index in [1.165, 1.54) is 18.9 Å². The van der Waals surface area contributed by atoms with Crippen LogP contribution < -0.4 is 14.2 Å². The van der Waals surface area contributed by atoms with E-state index in [0.717, 1.165) is 70.0 Å². The molecule has 0 spiro atoms. The Balaban J connectivity index is 1.29. The zero-order valence-corrected chi connectivity index (χ0v) is 25.4. The number of hydrogen-bond donors (Lipinski definition) is 0. The fraction of sp³-hybridized carbons (Fsp3) is 0.514. The lowest BCUT2D eigenvalue weighted by molar-refractivity contribution is -0.141. The highest BCUT2D eigenvalue weighted by atomic mass is 16.5. The minimum absolute atomic E-state index is 0.154. The number of esters is 3. The molecular weight excluding hydrogens is 548 g/mol. The molecule has 2 aromatic rings. The van der Waals surface area contributed by atoms with Gasteiger partial charge in [-0.3, -0.25) is 4.79 Å². The van der Waals surface area contributed by atoms with Crippen molar-refractivity contribution in [1.29, 1.82) is 0 Å². The van der Waals surface area contributed by atoms with Gasteiger partial charge in [-0.1, -0.05) is 39.2 Å². The molecule has 0 unspecified atom stereocenters. The van der Waals surface area contributed by atoms with Crippen LogP contribution in [0.25, 0.3) is 0 Å². The van der Waals surface area contributed by atoms with Crippen molar-refractivity contribution in [3.63, 3.8) is 0 Å². The van der Waals surface area contributed by atoms with Crippen molar-refractivity contribution in [2.24, 2.45) is 5.92 Å². The van der Waals surface area contributed by atoms with Gasteiger partial charge < -0.3 is 23.7 Å². The first kappa shape index (κ1) is 33.8. The Morgan fingerprint density at radius 3 is 1.95 bits per heavy atom.